The number of halogens is 3. The molecule has 9 heteroatoms. The Kier molecular flexibility index (Phi) is 4.00. The van der Waals surface area contributed by atoms with Crippen LogP contribution in [-0.4, -0.2) is 28.7 Å². The molecule has 1 fully saturated rings. The number of anilines is 2. The number of alkyl halides is 3. The van der Waals surface area contributed by atoms with Gasteiger partial charge >= 0.3 is 6.18 Å². The zero-order chi connectivity index (χ0) is 14.8. The quantitative estimate of drug-likeness (QED) is 0.581. The van der Waals surface area contributed by atoms with Crippen LogP contribution in [-0.2, 0) is 10.9 Å². The van der Waals surface area contributed by atoms with Crippen molar-refractivity contribution < 1.29 is 17.9 Å². The number of nitrogen functional groups attached to an aromatic ring is 1. The van der Waals surface area contributed by atoms with E-state index in [1.54, 1.807) is 0 Å². The summed E-state index contributed by atoms with van der Waals surface area (Å²) in [4.78, 5) is 7.19. The van der Waals surface area contributed by atoms with Crippen molar-refractivity contribution >= 4 is 11.8 Å². The molecule has 1 atom stereocenters. The highest BCUT2D eigenvalue weighted by Gasteiger charge is 2.35. The van der Waals surface area contributed by atoms with Crippen LogP contribution in [0.4, 0.5) is 24.9 Å². The third-order valence-corrected chi connectivity index (χ3v) is 3.01. The zero-order valence-electron chi connectivity index (χ0n) is 10.9. The molecule has 1 saturated heterocycles. The summed E-state index contributed by atoms with van der Waals surface area (Å²) in [5, 5.41) is 2.97. The molecule has 2 heterocycles. The van der Waals surface area contributed by atoms with Crippen molar-refractivity contribution in [2.24, 2.45) is 5.84 Å². The van der Waals surface area contributed by atoms with Crippen LogP contribution in [0.2, 0.25) is 0 Å². The summed E-state index contributed by atoms with van der Waals surface area (Å²) < 4.78 is 43.6. The van der Waals surface area contributed by atoms with Gasteiger partial charge in [-0.15, -0.1) is 0 Å². The summed E-state index contributed by atoms with van der Waals surface area (Å²) in [6, 6.07) is 0.862. The third-order valence-electron chi connectivity index (χ3n) is 3.01. The van der Waals surface area contributed by atoms with Gasteiger partial charge in [0.1, 0.15) is 5.82 Å². The van der Waals surface area contributed by atoms with E-state index in [4.69, 9.17) is 10.6 Å². The molecule has 0 aliphatic carbocycles. The molecule has 0 saturated carbocycles. The molecule has 6 nitrogen and oxygen atoms in total. The largest absolute Gasteiger partial charge is 0.433 e. The first-order valence-electron chi connectivity index (χ1n) is 6.11. The second-order valence-electron chi connectivity index (χ2n) is 4.95. The standard InChI is InChI=1S/C11H16F3N5O/c1-10(3-2-4-20-6-10)18-8-5-7(11(12,13)14)16-9(17-8)19-15/h5H,2-4,6,15H2,1H3,(H2,16,17,18,19). The number of hydrazine groups is 1. The van der Waals surface area contributed by atoms with Gasteiger partial charge in [-0.05, 0) is 19.8 Å². The smallest absolute Gasteiger partial charge is 0.379 e. The number of nitrogens with two attached hydrogens (primary N) is 1. The van der Waals surface area contributed by atoms with Crippen molar-refractivity contribution in [3.05, 3.63) is 11.8 Å². The number of nitrogens with zero attached hydrogens (tertiary/aromatic N) is 2. The first kappa shape index (κ1) is 14.8. The number of rotatable bonds is 3. The van der Waals surface area contributed by atoms with Gasteiger partial charge in [-0.25, -0.2) is 10.8 Å². The highest BCUT2D eigenvalue weighted by atomic mass is 19.4. The van der Waals surface area contributed by atoms with Crippen LogP contribution in [0.3, 0.4) is 0 Å². The minimum absolute atomic E-state index is 0.0632. The van der Waals surface area contributed by atoms with Crippen molar-refractivity contribution in [1.29, 1.82) is 0 Å². The highest BCUT2D eigenvalue weighted by Crippen LogP contribution is 2.31. The Morgan fingerprint density at radius 1 is 1.40 bits per heavy atom. The molecule has 1 aliphatic heterocycles. The lowest BCUT2D eigenvalue weighted by Crippen LogP contribution is -2.43. The summed E-state index contributed by atoms with van der Waals surface area (Å²) in [5.74, 6) is 4.88. The van der Waals surface area contributed by atoms with Gasteiger partial charge in [-0.1, -0.05) is 0 Å². The molecule has 0 bridgehead atoms. The first-order chi connectivity index (χ1) is 9.32. The Morgan fingerprint density at radius 3 is 2.70 bits per heavy atom. The van der Waals surface area contributed by atoms with Gasteiger partial charge in [0.15, 0.2) is 5.69 Å². The average molecular weight is 291 g/mol. The van der Waals surface area contributed by atoms with Crippen LogP contribution >= 0.6 is 0 Å². The molecule has 1 aliphatic rings. The number of hydrogen-bond acceptors (Lipinski definition) is 6. The molecule has 0 spiro atoms. The van der Waals surface area contributed by atoms with Crippen molar-refractivity contribution in [1.82, 2.24) is 9.97 Å². The van der Waals surface area contributed by atoms with Crippen LogP contribution in [0.5, 0.6) is 0 Å². The van der Waals surface area contributed by atoms with E-state index in [2.05, 4.69) is 15.3 Å². The topological polar surface area (TPSA) is 85.1 Å². The van der Waals surface area contributed by atoms with E-state index in [-0.39, 0.29) is 11.8 Å². The average Bonchev–Trinajstić information content (AvgIpc) is 2.37. The van der Waals surface area contributed by atoms with Gasteiger partial charge in [-0.2, -0.15) is 18.2 Å². The lowest BCUT2D eigenvalue weighted by Gasteiger charge is -2.34. The molecule has 0 amide bonds. The Hall–Kier alpha value is -1.61. The monoisotopic (exact) mass is 291 g/mol. The van der Waals surface area contributed by atoms with Gasteiger partial charge in [0.25, 0.3) is 0 Å². The van der Waals surface area contributed by atoms with Crippen LogP contribution < -0.4 is 16.6 Å². The Labute approximate surface area is 113 Å². The van der Waals surface area contributed by atoms with E-state index in [1.165, 1.54) is 0 Å². The molecule has 112 valence electrons. The van der Waals surface area contributed by atoms with Gasteiger partial charge < -0.3 is 10.1 Å². The molecular weight excluding hydrogens is 275 g/mol. The maximum atomic E-state index is 12.7. The maximum Gasteiger partial charge on any atom is 0.433 e. The fraction of sp³-hybridized carbons (Fsp3) is 0.636. The Bertz CT molecular complexity index is 474. The summed E-state index contributed by atoms with van der Waals surface area (Å²) in [6.45, 7) is 2.94. The molecule has 1 aromatic heterocycles. The zero-order valence-corrected chi connectivity index (χ0v) is 10.9. The fourth-order valence-electron chi connectivity index (χ4n) is 2.06. The van der Waals surface area contributed by atoms with E-state index in [1.807, 2.05) is 12.3 Å². The van der Waals surface area contributed by atoms with Crippen LogP contribution in [0.15, 0.2) is 6.07 Å². The third kappa shape index (κ3) is 3.48. The summed E-state index contributed by atoms with van der Waals surface area (Å²) in [7, 11) is 0. The normalized spacial score (nSPS) is 23.4. The molecular formula is C11H16F3N5O. The second-order valence-corrected chi connectivity index (χ2v) is 4.95. The molecule has 4 N–H and O–H groups in total. The van der Waals surface area contributed by atoms with E-state index >= 15 is 0 Å². The first-order valence-corrected chi connectivity index (χ1v) is 6.11. The van der Waals surface area contributed by atoms with E-state index in [0.29, 0.717) is 13.2 Å². The predicted octanol–water partition coefficient (Wildman–Crippen LogP) is 1.76. The lowest BCUT2D eigenvalue weighted by atomic mass is 9.95. The van der Waals surface area contributed by atoms with Crippen LogP contribution in [0.1, 0.15) is 25.5 Å². The van der Waals surface area contributed by atoms with Gasteiger partial charge in [-0.3, -0.25) is 5.43 Å². The lowest BCUT2D eigenvalue weighted by molar-refractivity contribution is -0.141. The molecule has 0 radical (unpaired) electrons. The van der Waals surface area contributed by atoms with Crippen molar-refractivity contribution in [2.75, 3.05) is 24.0 Å². The van der Waals surface area contributed by atoms with E-state index in [0.717, 1.165) is 18.9 Å². The molecule has 1 aromatic rings. The summed E-state index contributed by atoms with van der Waals surface area (Å²) in [6.07, 6.45) is -2.94. The minimum Gasteiger partial charge on any atom is -0.379 e. The Balaban J connectivity index is 2.26. The van der Waals surface area contributed by atoms with Gasteiger partial charge in [0, 0.05) is 12.7 Å². The maximum absolute atomic E-state index is 12.7. The predicted molar refractivity (Wildman–Crippen MR) is 66.9 cm³/mol. The van der Waals surface area contributed by atoms with Crippen LogP contribution in [0, 0.1) is 0 Å². The van der Waals surface area contributed by atoms with Gasteiger partial charge in [0.2, 0.25) is 5.95 Å². The van der Waals surface area contributed by atoms with Crippen molar-refractivity contribution in [2.45, 2.75) is 31.5 Å². The number of aromatic nitrogens is 2. The molecule has 1 unspecified atom stereocenters. The number of hydrogen-bond donors (Lipinski definition) is 3. The second kappa shape index (κ2) is 5.41. The minimum atomic E-state index is -4.56. The summed E-state index contributed by atoms with van der Waals surface area (Å²) in [5.41, 5.74) is 0.527. The highest BCUT2D eigenvalue weighted by molar-refractivity contribution is 5.44. The van der Waals surface area contributed by atoms with Crippen LogP contribution in [0.25, 0.3) is 0 Å². The van der Waals surface area contributed by atoms with Crippen molar-refractivity contribution in [3.63, 3.8) is 0 Å². The van der Waals surface area contributed by atoms with Gasteiger partial charge in [0.05, 0.1) is 12.1 Å². The summed E-state index contributed by atoms with van der Waals surface area (Å²) >= 11 is 0. The number of ether oxygens (including phenoxy) is 1. The van der Waals surface area contributed by atoms with Crippen molar-refractivity contribution in [3.8, 4) is 0 Å². The number of nitrogens with one attached hydrogen (secondary N) is 2. The molecule has 2 rings (SSSR count). The molecule has 0 aromatic carbocycles. The Morgan fingerprint density at radius 2 is 2.15 bits per heavy atom. The SMILES string of the molecule is CC1(Nc2cc(C(F)(F)F)nc(NN)n2)CCCOC1. The van der Waals surface area contributed by atoms with E-state index in [9.17, 15) is 13.2 Å². The fourth-order valence-corrected chi connectivity index (χ4v) is 2.06. The molecule has 20 heavy (non-hydrogen) atoms. The van der Waals surface area contributed by atoms with E-state index < -0.39 is 17.4 Å².